The molecule has 4 nitrogen and oxygen atoms in total. The minimum absolute atomic E-state index is 0.332. The fourth-order valence-electron chi connectivity index (χ4n) is 2.26. The predicted molar refractivity (Wildman–Crippen MR) is 83.7 cm³/mol. The minimum Gasteiger partial charge on any atom is -0.463 e. The van der Waals surface area contributed by atoms with Crippen LogP contribution in [-0.2, 0) is 19.1 Å². The molecule has 0 bridgehead atoms. The van der Waals surface area contributed by atoms with E-state index in [4.69, 9.17) is 4.74 Å². The second kappa shape index (κ2) is 17.0. The van der Waals surface area contributed by atoms with Crippen LogP contribution in [0, 0.1) is 0 Å². The van der Waals surface area contributed by atoms with Crippen molar-refractivity contribution in [2.75, 3.05) is 13.2 Å². The van der Waals surface area contributed by atoms with Gasteiger partial charge in [-0.05, 0) is 6.42 Å². The Balaban J connectivity index is 3.05. The van der Waals surface area contributed by atoms with Gasteiger partial charge in [-0.1, -0.05) is 77.6 Å². The average molecular weight is 299 g/mol. The lowest BCUT2D eigenvalue weighted by atomic mass is 10.1. The Morgan fingerprint density at radius 1 is 0.810 bits per heavy atom. The molecule has 0 spiro atoms. The van der Waals surface area contributed by atoms with Gasteiger partial charge in [0.25, 0.3) is 0 Å². The summed E-state index contributed by atoms with van der Waals surface area (Å²) >= 11 is 0. The second-order valence-corrected chi connectivity index (χ2v) is 5.48. The third kappa shape index (κ3) is 16.9. The summed E-state index contributed by atoms with van der Waals surface area (Å²) in [6, 6.07) is 0. The Labute approximate surface area is 129 Å². The Kier molecular flexibility index (Phi) is 16.1. The molecular weight excluding hydrogens is 268 g/mol. The van der Waals surface area contributed by atoms with Gasteiger partial charge in [-0.2, -0.15) is 0 Å². The number of ether oxygens (including phenoxy) is 2. The summed E-state index contributed by atoms with van der Waals surface area (Å²) in [5.41, 5.74) is 0. The quantitative estimate of drug-likeness (QED) is 0.315. The van der Waals surface area contributed by atoms with Crippen molar-refractivity contribution in [3.63, 3.8) is 0 Å². The first-order chi connectivity index (χ1) is 10.3. The molecule has 0 aromatic rings. The smallest absolute Gasteiger partial charge is 0.418 e. The zero-order chi connectivity index (χ0) is 15.6. The van der Waals surface area contributed by atoms with Crippen LogP contribution in [0.3, 0.4) is 0 Å². The van der Waals surface area contributed by atoms with Crippen molar-refractivity contribution in [1.82, 2.24) is 0 Å². The average Bonchev–Trinajstić information content (AvgIpc) is 2.49. The molecule has 4 heteroatoms. The van der Waals surface area contributed by atoms with Crippen molar-refractivity contribution in [3.05, 3.63) is 0 Å². The van der Waals surface area contributed by atoms with Gasteiger partial charge in [0.2, 0.25) is 0 Å². The number of hydrogen-bond donors (Lipinski definition) is 0. The molecule has 0 saturated carbocycles. The van der Waals surface area contributed by atoms with Gasteiger partial charge in [0.05, 0.1) is 6.61 Å². The third-order valence-corrected chi connectivity index (χ3v) is 3.51. The standard InChI is InChI=1S/C17H31O4/c1-2-3-4-5-6-7-8-9-10-11-12-13-14-21-17(19)15-20-16-18/h2-15H2,1H3. The molecule has 0 N–H and O–H groups in total. The highest BCUT2D eigenvalue weighted by Gasteiger charge is 2.02. The zero-order valence-electron chi connectivity index (χ0n) is 13.5. The van der Waals surface area contributed by atoms with E-state index in [1.807, 2.05) is 0 Å². The Bertz CT molecular complexity index is 241. The van der Waals surface area contributed by atoms with Crippen molar-refractivity contribution in [3.8, 4) is 0 Å². The van der Waals surface area contributed by atoms with Crippen LogP contribution in [0.2, 0.25) is 0 Å². The highest BCUT2D eigenvalue weighted by atomic mass is 16.6. The lowest BCUT2D eigenvalue weighted by molar-refractivity contribution is -0.146. The van der Waals surface area contributed by atoms with Crippen LogP contribution in [0.15, 0.2) is 0 Å². The fourth-order valence-corrected chi connectivity index (χ4v) is 2.26. The largest absolute Gasteiger partial charge is 0.463 e. The Morgan fingerprint density at radius 2 is 1.29 bits per heavy atom. The van der Waals surface area contributed by atoms with Crippen molar-refractivity contribution in [2.24, 2.45) is 0 Å². The van der Waals surface area contributed by atoms with Crippen molar-refractivity contribution in [1.29, 1.82) is 0 Å². The number of unbranched alkanes of at least 4 members (excludes halogenated alkanes) is 11. The second-order valence-electron chi connectivity index (χ2n) is 5.48. The van der Waals surface area contributed by atoms with Crippen molar-refractivity contribution in [2.45, 2.75) is 84.0 Å². The predicted octanol–water partition coefficient (Wildman–Crippen LogP) is 4.31. The highest BCUT2D eigenvalue weighted by molar-refractivity contribution is 5.71. The van der Waals surface area contributed by atoms with Gasteiger partial charge in [-0.15, -0.1) is 0 Å². The maximum Gasteiger partial charge on any atom is 0.418 e. The van der Waals surface area contributed by atoms with E-state index in [-0.39, 0.29) is 6.61 Å². The van der Waals surface area contributed by atoms with Crippen LogP contribution in [0.25, 0.3) is 0 Å². The van der Waals surface area contributed by atoms with Crippen molar-refractivity contribution < 1.29 is 19.1 Å². The van der Waals surface area contributed by atoms with Gasteiger partial charge in [0, 0.05) is 0 Å². The van der Waals surface area contributed by atoms with Crippen LogP contribution < -0.4 is 0 Å². The van der Waals surface area contributed by atoms with E-state index in [9.17, 15) is 9.59 Å². The molecule has 0 heterocycles. The molecule has 0 rings (SSSR count). The molecule has 0 aliphatic rings. The van der Waals surface area contributed by atoms with Gasteiger partial charge in [0.15, 0.2) is 6.61 Å². The van der Waals surface area contributed by atoms with Crippen LogP contribution in [-0.4, -0.2) is 25.7 Å². The summed E-state index contributed by atoms with van der Waals surface area (Å²) in [6.45, 7) is 3.53. The van der Waals surface area contributed by atoms with E-state index < -0.39 is 5.97 Å². The summed E-state index contributed by atoms with van der Waals surface area (Å²) in [7, 11) is 0. The molecule has 21 heavy (non-hydrogen) atoms. The first kappa shape index (κ1) is 19.9. The fraction of sp³-hybridized carbons (Fsp3) is 0.882. The lowest BCUT2D eigenvalue weighted by Gasteiger charge is -2.04. The third-order valence-electron chi connectivity index (χ3n) is 3.51. The molecule has 0 amide bonds. The van der Waals surface area contributed by atoms with E-state index in [1.165, 1.54) is 70.7 Å². The topological polar surface area (TPSA) is 52.6 Å². The van der Waals surface area contributed by atoms with E-state index in [0.717, 1.165) is 12.8 Å². The van der Waals surface area contributed by atoms with Crippen LogP contribution in [0.1, 0.15) is 84.0 Å². The summed E-state index contributed by atoms with van der Waals surface area (Å²) in [5.74, 6) is -0.499. The summed E-state index contributed by atoms with van der Waals surface area (Å²) < 4.78 is 9.07. The number of esters is 1. The Morgan fingerprint density at radius 3 is 1.76 bits per heavy atom. The molecule has 1 radical (unpaired) electrons. The van der Waals surface area contributed by atoms with Crippen LogP contribution in [0.5, 0.6) is 0 Å². The maximum absolute atomic E-state index is 11.0. The maximum atomic E-state index is 11.0. The number of hydrogen-bond acceptors (Lipinski definition) is 4. The molecule has 0 atom stereocenters. The Hall–Kier alpha value is -1.06. The molecule has 0 unspecified atom stereocenters. The molecule has 0 aliphatic carbocycles. The molecule has 123 valence electrons. The van der Waals surface area contributed by atoms with E-state index in [2.05, 4.69) is 11.7 Å². The molecule has 0 saturated heterocycles. The molecular formula is C17H31O4. The first-order valence-corrected chi connectivity index (χ1v) is 8.45. The van der Waals surface area contributed by atoms with E-state index in [0.29, 0.717) is 6.61 Å². The number of rotatable bonds is 16. The monoisotopic (exact) mass is 299 g/mol. The van der Waals surface area contributed by atoms with Gasteiger partial charge in [0.1, 0.15) is 0 Å². The number of carbonyl (C=O) groups is 1. The number of carbonyl (C=O) groups excluding carboxylic acids is 2. The van der Waals surface area contributed by atoms with Gasteiger partial charge in [-0.25, -0.2) is 9.59 Å². The van der Waals surface area contributed by atoms with E-state index in [1.54, 1.807) is 0 Å². The minimum atomic E-state index is -0.499. The van der Waals surface area contributed by atoms with Crippen LogP contribution in [0.4, 0.5) is 0 Å². The molecule has 0 fully saturated rings. The lowest BCUT2D eigenvalue weighted by Crippen LogP contribution is -2.12. The SMILES string of the molecule is CCCCCCCCCCCCCCOC(=O)CO[C]=O. The van der Waals surface area contributed by atoms with Gasteiger partial charge >= 0.3 is 12.4 Å². The summed E-state index contributed by atoms with van der Waals surface area (Å²) in [5, 5.41) is 0. The zero-order valence-corrected chi connectivity index (χ0v) is 13.5. The molecule has 0 aromatic carbocycles. The summed E-state index contributed by atoms with van der Waals surface area (Å²) in [4.78, 5) is 20.7. The molecule has 0 aromatic heterocycles. The van der Waals surface area contributed by atoms with Crippen molar-refractivity contribution >= 4 is 12.4 Å². The van der Waals surface area contributed by atoms with E-state index >= 15 is 0 Å². The first-order valence-electron chi connectivity index (χ1n) is 8.45. The molecule has 0 aliphatic heterocycles. The normalized spacial score (nSPS) is 10.3. The van der Waals surface area contributed by atoms with Crippen LogP contribution >= 0.6 is 0 Å². The van der Waals surface area contributed by atoms with Gasteiger partial charge in [-0.3, -0.25) is 0 Å². The van der Waals surface area contributed by atoms with Gasteiger partial charge < -0.3 is 9.47 Å². The summed E-state index contributed by atoms with van der Waals surface area (Å²) in [6.07, 6.45) is 15.3. The highest BCUT2D eigenvalue weighted by Crippen LogP contribution is 2.11.